The number of rotatable bonds is 5. The highest BCUT2D eigenvalue weighted by molar-refractivity contribution is 6.19. The number of allylic oxidation sites excluding steroid dienone is 2. The summed E-state index contributed by atoms with van der Waals surface area (Å²) < 4.78 is 29.2. The molecule has 0 saturated heterocycles. The van der Waals surface area contributed by atoms with Crippen molar-refractivity contribution in [1.29, 1.82) is 0 Å². The zero-order valence-corrected chi connectivity index (χ0v) is 15.7. The fourth-order valence-electron chi connectivity index (χ4n) is 2.87. The number of pyridine rings is 1. The van der Waals surface area contributed by atoms with Crippen LogP contribution in [0, 0.1) is 0 Å². The van der Waals surface area contributed by atoms with Crippen LogP contribution in [0.3, 0.4) is 0 Å². The van der Waals surface area contributed by atoms with Gasteiger partial charge in [-0.15, -0.1) is 0 Å². The molecule has 2 heterocycles. The van der Waals surface area contributed by atoms with Crippen LogP contribution in [0.5, 0.6) is 0 Å². The van der Waals surface area contributed by atoms with E-state index in [1.807, 2.05) is 0 Å². The molecule has 0 saturated carbocycles. The Bertz CT molecular complexity index is 974. The Labute approximate surface area is 161 Å². The van der Waals surface area contributed by atoms with Crippen molar-refractivity contribution in [3.8, 4) is 11.3 Å². The third kappa shape index (κ3) is 3.43. The summed E-state index contributed by atoms with van der Waals surface area (Å²) in [4.78, 5) is 28.7. The number of anilines is 1. The molecule has 0 atom stereocenters. The van der Waals surface area contributed by atoms with Crippen LogP contribution in [-0.4, -0.2) is 21.8 Å². The third-order valence-corrected chi connectivity index (χ3v) is 4.51. The molecule has 5 nitrogen and oxygen atoms in total. The van der Waals surface area contributed by atoms with Crippen molar-refractivity contribution >= 4 is 17.6 Å². The predicted octanol–water partition coefficient (Wildman–Crippen LogP) is 4.45. The zero-order chi connectivity index (χ0) is 20.5. The Balaban J connectivity index is 2.04. The summed E-state index contributed by atoms with van der Waals surface area (Å²) in [6, 6.07) is 11.1. The summed E-state index contributed by atoms with van der Waals surface area (Å²) in [6.07, 6.45) is 2.08. The lowest BCUT2D eigenvalue weighted by atomic mass is 10.0. The van der Waals surface area contributed by atoms with Gasteiger partial charge in [0.2, 0.25) is 0 Å². The van der Waals surface area contributed by atoms with Crippen molar-refractivity contribution in [3.63, 3.8) is 0 Å². The second-order valence-corrected chi connectivity index (χ2v) is 6.39. The van der Waals surface area contributed by atoms with E-state index in [9.17, 15) is 18.4 Å². The molecule has 0 fully saturated rings. The van der Waals surface area contributed by atoms with Crippen molar-refractivity contribution in [1.82, 2.24) is 9.99 Å². The smallest absolute Gasteiger partial charge is 0.271 e. The fourth-order valence-corrected chi connectivity index (χ4v) is 2.87. The molecular weight excluding hydrogens is 364 g/mol. The molecule has 28 heavy (non-hydrogen) atoms. The van der Waals surface area contributed by atoms with Crippen LogP contribution in [0.1, 0.15) is 26.3 Å². The minimum atomic E-state index is -3.22. The van der Waals surface area contributed by atoms with E-state index in [1.165, 1.54) is 25.1 Å². The van der Waals surface area contributed by atoms with Gasteiger partial charge in [0.15, 0.2) is 0 Å². The van der Waals surface area contributed by atoms with E-state index in [2.05, 4.69) is 10.4 Å². The maximum atomic E-state index is 14.6. The number of amides is 2. The molecule has 2 aromatic rings. The molecule has 1 N–H and O–H groups in total. The molecule has 1 aliphatic rings. The Hall–Kier alpha value is -3.35. The molecule has 144 valence electrons. The van der Waals surface area contributed by atoms with Crippen LogP contribution >= 0.6 is 0 Å². The summed E-state index contributed by atoms with van der Waals surface area (Å²) in [7, 11) is 0. The van der Waals surface area contributed by atoms with E-state index >= 15 is 0 Å². The van der Waals surface area contributed by atoms with Gasteiger partial charge in [0.05, 0.1) is 11.3 Å². The number of carbonyl (C=O) groups excluding carboxylic acids is 2. The number of hydrogen-bond acceptors (Lipinski definition) is 4. The lowest BCUT2D eigenvalue weighted by Gasteiger charge is -2.20. The second-order valence-electron chi connectivity index (χ2n) is 6.39. The molecule has 0 unspecified atom stereocenters. The minimum absolute atomic E-state index is 0.0641. The van der Waals surface area contributed by atoms with Crippen LogP contribution in [0.25, 0.3) is 11.3 Å². The first kappa shape index (κ1) is 19.4. The largest absolute Gasteiger partial charge is 0.293 e. The zero-order valence-electron chi connectivity index (χ0n) is 15.7. The van der Waals surface area contributed by atoms with E-state index in [0.717, 1.165) is 11.1 Å². The van der Waals surface area contributed by atoms with Crippen LogP contribution in [-0.2, 0) is 15.5 Å². The number of benzene rings is 1. The molecular formula is C21H19F2N3O2. The van der Waals surface area contributed by atoms with Gasteiger partial charge in [0.25, 0.3) is 17.7 Å². The molecule has 0 aliphatic carbocycles. The Kier molecular flexibility index (Phi) is 5.09. The Morgan fingerprint density at radius 1 is 1.00 bits per heavy atom. The normalized spacial score (nSPS) is 15.1. The van der Waals surface area contributed by atoms with Gasteiger partial charge >= 0.3 is 0 Å². The number of nitrogens with zero attached hydrogens (tertiary/aromatic N) is 2. The number of aromatic nitrogens is 1. The summed E-state index contributed by atoms with van der Waals surface area (Å²) in [5.41, 5.74) is 3.59. The first-order valence-electron chi connectivity index (χ1n) is 8.67. The van der Waals surface area contributed by atoms with Gasteiger partial charge in [-0.3, -0.25) is 15.0 Å². The summed E-state index contributed by atoms with van der Waals surface area (Å²) in [5.74, 6) is -4.09. The lowest BCUT2D eigenvalue weighted by Crippen LogP contribution is -2.37. The van der Waals surface area contributed by atoms with Gasteiger partial charge in [-0.2, -0.15) is 13.8 Å². The Morgan fingerprint density at radius 3 is 2.18 bits per heavy atom. The monoisotopic (exact) mass is 383 g/mol. The predicted molar refractivity (Wildman–Crippen MR) is 102 cm³/mol. The fraction of sp³-hybridized carbons (Fsp3) is 0.190. The van der Waals surface area contributed by atoms with Gasteiger partial charge in [-0.25, -0.2) is 4.98 Å². The molecule has 7 heteroatoms. The highest BCUT2D eigenvalue weighted by atomic mass is 19.3. The Morgan fingerprint density at radius 2 is 1.61 bits per heavy atom. The lowest BCUT2D eigenvalue weighted by molar-refractivity contribution is -0.135. The van der Waals surface area contributed by atoms with Crippen LogP contribution in [0.4, 0.5) is 14.6 Å². The maximum Gasteiger partial charge on any atom is 0.293 e. The van der Waals surface area contributed by atoms with Crippen molar-refractivity contribution < 1.29 is 18.4 Å². The van der Waals surface area contributed by atoms with E-state index < -0.39 is 17.7 Å². The van der Waals surface area contributed by atoms with E-state index in [0.29, 0.717) is 16.7 Å². The summed E-state index contributed by atoms with van der Waals surface area (Å²) in [6.45, 7) is 4.63. The summed E-state index contributed by atoms with van der Waals surface area (Å²) >= 11 is 0. The number of carbonyl (C=O) groups is 2. The highest BCUT2D eigenvalue weighted by Crippen LogP contribution is 2.37. The van der Waals surface area contributed by atoms with E-state index in [-0.39, 0.29) is 17.1 Å². The number of halogens is 2. The highest BCUT2D eigenvalue weighted by Gasteiger charge is 2.35. The van der Waals surface area contributed by atoms with Crippen molar-refractivity contribution in [3.05, 3.63) is 71.3 Å². The first-order chi connectivity index (χ1) is 13.3. The van der Waals surface area contributed by atoms with Gasteiger partial charge in [-0.05, 0) is 39.0 Å². The number of hydrogen-bond donors (Lipinski definition) is 1. The van der Waals surface area contributed by atoms with Gasteiger partial charge in [0, 0.05) is 16.7 Å². The molecule has 2 amide bonds. The van der Waals surface area contributed by atoms with Crippen molar-refractivity contribution in [2.24, 2.45) is 0 Å². The van der Waals surface area contributed by atoms with E-state index in [4.69, 9.17) is 0 Å². The quantitative estimate of drug-likeness (QED) is 0.612. The van der Waals surface area contributed by atoms with Crippen LogP contribution in [0.2, 0.25) is 0 Å². The SMILES string of the molecule is C/C=C/C(F)(F)c1ccc(NN2C(=O)C(C)=C(C)C2=O)nc1-c1ccccc1. The number of hydrazine groups is 1. The van der Waals surface area contributed by atoms with Gasteiger partial charge in [0.1, 0.15) is 5.82 Å². The van der Waals surface area contributed by atoms with Crippen LogP contribution < -0.4 is 5.43 Å². The van der Waals surface area contributed by atoms with Crippen LogP contribution in [0.15, 0.2) is 65.8 Å². The molecule has 3 rings (SSSR count). The van der Waals surface area contributed by atoms with Gasteiger partial charge in [-0.1, -0.05) is 36.4 Å². The summed E-state index contributed by atoms with van der Waals surface area (Å²) in [5, 5.41) is 0.839. The average Bonchev–Trinajstić information content (AvgIpc) is 2.86. The van der Waals surface area contributed by atoms with Gasteiger partial charge < -0.3 is 0 Å². The first-order valence-corrected chi connectivity index (χ1v) is 8.67. The van der Waals surface area contributed by atoms with E-state index in [1.54, 1.807) is 44.2 Å². The van der Waals surface area contributed by atoms with Crippen molar-refractivity contribution in [2.45, 2.75) is 26.7 Å². The topological polar surface area (TPSA) is 62.3 Å². The molecule has 0 radical (unpaired) electrons. The molecule has 1 aliphatic heterocycles. The molecule has 0 bridgehead atoms. The molecule has 1 aromatic heterocycles. The van der Waals surface area contributed by atoms with Crippen molar-refractivity contribution in [2.75, 3.05) is 5.43 Å². The molecule has 1 aromatic carbocycles. The number of nitrogens with one attached hydrogen (secondary N) is 1. The third-order valence-electron chi connectivity index (χ3n) is 4.51. The molecule has 0 spiro atoms. The minimum Gasteiger partial charge on any atom is -0.271 e. The number of imide groups is 1. The second kappa shape index (κ2) is 7.34. The standard InChI is InChI=1S/C21H19F2N3O2/c1-4-12-21(22,23)16-10-11-17(24-18(16)15-8-6-5-7-9-15)25-26-19(27)13(2)14(3)20(26)28/h4-12H,1-3H3,(H,24,25)/b12-4+. The maximum absolute atomic E-state index is 14.6. The number of alkyl halides is 2. The average molecular weight is 383 g/mol.